The minimum absolute atomic E-state index is 0.930. The molecule has 1 aromatic rings. The van der Waals surface area contributed by atoms with Gasteiger partial charge in [-0.1, -0.05) is 37.8 Å². The molecule has 34 heavy (non-hydrogen) atoms. The molecule has 0 amide bonds. The second-order valence-electron chi connectivity index (χ2n) is 15.2. The molecule has 0 heteroatoms. The molecular formula is C34H46. The monoisotopic (exact) mass is 454 g/mol. The van der Waals surface area contributed by atoms with Gasteiger partial charge in [-0.2, -0.15) is 0 Å². The molecule has 8 saturated carbocycles. The van der Waals surface area contributed by atoms with E-state index in [0.29, 0.717) is 0 Å². The van der Waals surface area contributed by atoms with E-state index in [-0.39, 0.29) is 0 Å². The van der Waals surface area contributed by atoms with Crippen LogP contribution in [-0.4, -0.2) is 0 Å². The van der Waals surface area contributed by atoms with Gasteiger partial charge in [0.25, 0.3) is 0 Å². The maximum Gasteiger partial charge on any atom is -0.0125 e. The van der Waals surface area contributed by atoms with Gasteiger partial charge in [0.1, 0.15) is 0 Å². The lowest BCUT2D eigenvalue weighted by atomic mass is 9.66. The molecule has 0 saturated heterocycles. The minimum Gasteiger partial charge on any atom is -0.0582 e. The second-order valence-corrected chi connectivity index (χ2v) is 15.2. The van der Waals surface area contributed by atoms with Crippen molar-refractivity contribution in [3.8, 4) is 0 Å². The lowest BCUT2D eigenvalue weighted by Gasteiger charge is -2.38. The van der Waals surface area contributed by atoms with Gasteiger partial charge >= 0.3 is 0 Å². The Labute approximate surface area is 208 Å². The molecule has 0 N–H and O–H groups in total. The van der Waals surface area contributed by atoms with Crippen LogP contribution in [0.4, 0.5) is 0 Å². The van der Waals surface area contributed by atoms with Gasteiger partial charge in [0, 0.05) is 0 Å². The molecule has 0 aromatic heterocycles. The Morgan fingerprint density at radius 3 is 0.941 bits per heavy atom. The molecule has 8 aliphatic carbocycles. The lowest BCUT2D eigenvalue weighted by molar-refractivity contribution is 0.370. The van der Waals surface area contributed by atoms with E-state index in [9.17, 15) is 0 Å². The van der Waals surface area contributed by atoms with Crippen LogP contribution in [0.25, 0.3) is 0 Å². The first-order chi connectivity index (χ1) is 16.8. The van der Waals surface area contributed by atoms with Gasteiger partial charge in [-0.25, -0.2) is 0 Å². The zero-order valence-electron chi connectivity index (χ0n) is 21.4. The van der Waals surface area contributed by atoms with Crippen LogP contribution >= 0.6 is 0 Å². The molecule has 0 radical (unpaired) electrons. The molecule has 8 fully saturated rings. The molecule has 0 nitrogen and oxygen atoms in total. The van der Waals surface area contributed by atoms with E-state index >= 15 is 0 Å². The zero-order valence-corrected chi connectivity index (χ0v) is 21.4. The molecule has 0 unspecified atom stereocenters. The highest BCUT2D eigenvalue weighted by Gasteiger charge is 2.50. The Morgan fingerprint density at radius 1 is 0.353 bits per heavy atom. The maximum absolute atomic E-state index is 2.80. The van der Waals surface area contributed by atoms with E-state index in [1.807, 2.05) is 11.1 Å². The van der Waals surface area contributed by atoms with Crippen LogP contribution in [0.15, 0.2) is 12.1 Å². The molecule has 8 bridgehead atoms. The van der Waals surface area contributed by atoms with Crippen LogP contribution in [0.3, 0.4) is 0 Å². The van der Waals surface area contributed by atoms with Crippen LogP contribution in [0, 0.1) is 47.3 Å². The Balaban J connectivity index is 1.23. The third kappa shape index (κ3) is 2.84. The van der Waals surface area contributed by atoms with Crippen molar-refractivity contribution in [1.29, 1.82) is 0 Å². The van der Waals surface area contributed by atoms with Crippen molar-refractivity contribution in [3.63, 3.8) is 0 Å². The van der Waals surface area contributed by atoms with Crippen LogP contribution in [-0.2, 0) is 0 Å². The molecule has 0 heterocycles. The third-order valence-electron chi connectivity index (χ3n) is 13.8. The Hall–Kier alpha value is -0.780. The Morgan fingerprint density at radius 2 is 0.676 bits per heavy atom. The van der Waals surface area contributed by atoms with Crippen LogP contribution in [0.2, 0.25) is 0 Å². The fraction of sp³-hybridized carbons (Fsp3) is 0.824. The van der Waals surface area contributed by atoms with E-state index in [1.165, 1.54) is 0 Å². The van der Waals surface area contributed by atoms with E-state index in [0.717, 1.165) is 71.0 Å². The van der Waals surface area contributed by atoms with Crippen LogP contribution in [0.1, 0.15) is 149 Å². The van der Waals surface area contributed by atoms with Crippen molar-refractivity contribution in [3.05, 3.63) is 34.4 Å². The minimum atomic E-state index is 0.930. The van der Waals surface area contributed by atoms with Gasteiger partial charge < -0.3 is 0 Å². The number of fused-ring (bicyclic) bond motifs is 8. The van der Waals surface area contributed by atoms with E-state index < -0.39 is 0 Å². The summed E-state index contributed by atoms with van der Waals surface area (Å²) in [4.78, 5) is 0. The highest BCUT2D eigenvalue weighted by Crippen LogP contribution is 2.64. The smallest absolute Gasteiger partial charge is 0.0125 e. The summed E-state index contributed by atoms with van der Waals surface area (Å²) in [5.74, 6) is 12.2. The molecular weight excluding hydrogens is 408 g/mol. The topological polar surface area (TPSA) is 0 Å². The number of hydrogen-bond donors (Lipinski definition) is 0. The van der Waals surface area contributed by atoms with Crippen LogP contribution in [0.5, 0.6) is 0 Å². The van der Waals surface area contributed by atoms with Gasteiger partial charge in [0.15, 0.2) is 0 Å². The standard InChI is InChI=1S/C34H46/c1-5-23-11-19(1)15-29(23)27-9-10-28(30-16-20-2-6-24(30)12-20)34(32-18-22-4-8-26(32)14-22)33(27)31-17-21-3-7-25(31)13-21/h9-10,19-26,29-32H,1-8,11-18H2/t19-,20-,21-,22-,23+,24+,25+,26+,29+,30+,31+,32+/m0/s1. The van der Waals surface area contributed by atoms with Gasteiger partial charge in [-0.05, 0) is 170 Å². The fourth-order valence-electron chi connectivity index (χ4n) is 12.6. The van der Waals surface area contributed by atoms with Gasteiger partial charge in [0.05, 0.1) is 0 Å². The van der Waals surface area contributed by atoms with E-state index in [4.69, 9.17) is 0 Å². The maximum atomic E-state index is 2.80. The first-order valence-electron chi connectivity index (χ1n) is 15.9. The number of benzene rings is 1. The molecule has 9 rings (SSSR count). The summed E-state index contributed by atoms with van der Waals surface area (Å²) in [6, 6.07) is 5.59. The van der Waals surface area contributed by atoms with Crippen LogP contribution < -0.4 is 0 Å². The first kappa shape index (κ1) is 20.3. The van der Waals surface area contributed by atoms with Crippen molar-refractivity contribution in [2.75, 3.05) is 0 Å². The van der Waals surface area contributed by atoms with Crippen molar-refractivity contribution >= 4 is 0 Å². The Kier molecular flexibility index (Phi) is 4.41. The Bertz CT molecular complexity index is 909. The average molecular weight is 455 g/mol. The van der Waals surface area contributed by atoms with Gasteiger partial charge in [-0.15, -0.1) is 0 Å². The molecule has 182 valence electrons. The van der Waals surface area contributed by atoms with Gasteiger partial charge in [0.2, 0.25) is 0 Å². The predicted molar refractivity (Wildman–Crippen MR) is 139 cm³/mol. The third-order valence-corrected chi connectivity index (χ3v) is 13.8. The summed E-state index contributed by atoms with van der Waals surface area (Å²) >= 11 is 0. The molecule has 12 atom stereocenters. The second kappa shape index (κ2) is 7.38. The predicted octanol–water partition coefficient (Wildman–Crippen LogP) is 9.30. The normalized spacial score (nSPS) is 52.0. The van der Waals surface area contributed by atoms with Crippen molar-refractivity contribution in [2.24, 2.45) is 47.3 Å². The number of rotatable bonds is 4. The first-order valence-corrected chi connectivity index (χ1v) is 15.9. The highest BCUT2D eigenvalue weighted by atomic mass is 14.5. The summed E-state index contributed by atoms with van der Waals surface area (Å²) in [6.07, 6.45) is 24.9. The summed E-state index contributed by atoms with van der Waals surface area (Å²) in [5.41, 5.74) is 7.99. The fourth-order valence-corrected chi connectivity index (χ4v) is 12.6. The molecule has 0 spiro atoms. The summed E-state index contributed by atoms with van der Waals surface area (Å²) < 4.78 is 0. The SMILES string of the molecule is c1cc([C@@H]2C[C@H]3CC[C@@H]2C3)c([C@@H]2C[C@H]3CC[C@@H]2C3)c([C@@H]2C[C@H]3CC[C@@H]2C3)c1[C@@H]1C[C@H]2CC[C@@H]1C2. The summed E-state index contributed by atoms with van der Waals surface area (Å²) in [6.45, 7) is 0. The summed E-state index contributed by atoms with van der Waals surface area (Å²) in [7, 11) is 0. The lowest BCUT2D eigenvalue weighted by Crippen LogP contribution is -2.24. The van der Waals surface area contributed by atoms with Crippen molar-refractivity contribution in [1.82, 2.24) is 0 Å². The average Bonchev–Trinajstić information content (AvgIpc) is 3.73. The quantitative estimate of drug-likeness (QED) is 0.425. The van der Waals surface area contributed by atoms with E-state index in [1.54, 1.807) is 103 Å². The summed E-state index contributed by atoms with van der Waals surface area (Å²) in [5, 5.41) is 0. The largest absolute Gasteiger partial charge is 0.0582 e. The highest BCUT2D eigenvalue weighted by molar-refractivity contribution is 5.51. The molecule has 8 aliphatic rings. The molecule has 0 aliphatic heterocycles. The van der Waals surface area contributed by atoms with Crippen molar-refractivity contribution < 1.29 is 0 Å². The van der Waals surface area contributed by atoms with Gasteiger partial charge in [-0.3, -0.25) is 0 Å². The zero-order chi connectivity index (χ0) is 22.0. The number of hydrogen-bond acceptors (Lipinski definition) is 0. The van der Waals surface area contributed by atoms with E-state index in [2.05, 4.69) is 23.3 Å². The van der Waals surface area contributed by atoms with Crippen molar-refractivity contribution in [2.45, 2.75) is 126 Å². The molecule has 1 aromatic carbocycles.